The first-order chi connectivity index (χ1) is 11.0. The van der Waals surface area contributed by atoms with Crippen molar-refractivity contribution in [1.82, 2.24) is 5.32 Å². The van der Waals surface area contributed by atoms with Crippen LogP contribution in [0.5, 0.6) is 5.75 Å². The van der Waals surface area contributed by atoms with E-state index in [0.717, 1.165) is 5.56 Å². The van der Waals surface area contributed by atoms with Crippen LogP contribution in [0.2, 0.25) is 0 Å². The fourth-order valence-corrected chi connectivity index (χ4v) is 2.41. The van der Waals surface area contributed by atoms with Crippen molar-refractivity contribution in [2.75, 3.05) is 0 Å². The SMILES string of the molecule is O=C(NC(C(=O)O)c1ccc(O)c(I)c1)OCc1ccccc1. The molecule has 1 unspecified atom stereocenters. The lowest BCUT2D eigenvalue weighted by Crippen LogP contribution is -2.34. The molecule has 120 valence electrons. The third-order valence-corrected chi connectivity index (χ3v) is 3.89. The highest BCUT2D eigenvalue weighted by Gasteiger charge is 2.23. The highest BCUT2D eigenvalue weighted by molar-refractivity contribution is 14.1. The molecule has 2 aromatic carbocycles. The Morgan fingerprint density at radius 3 is 2.48 bits per heavy atom. The van der Waals surface area contributed by atoms with Gasteiger partial charge in [-0.05, 0) is 45.9 Å². The molecule has 23 heavy (non-hydrogen) atoms. The zero-order chi connectivity index (χ0) is 16.8. The van der Waals surface area contributed by atoms with Crippen LogP contribution in [-0.2, 0) is 16.1 Å². The normalized spacial score (nSPS) is 11.5. The largest absolute Gasteiger partial charge is 0.507 e. The van der Waals surface area contributed by atoms with Crippen LogP contribution in [0.1, 0.15) is 17.2 Å². The minimum atomic E-state index is -1.26. The van der Waals surface area contributed by atoms with Gasteiger partial charge in [-0.3, -0.25) is 0 Å². The molecule has 0 aliphatic heterocycles. The average Bonchev–Trinajstić information content (AvgIpc) is 2.54. The van der Waals surface area contributed by atoms with Gasteiger partial charge in [0.05, 0.1) is 3.57 Å². The van der Waals surface area contributed by atoms with E-state index in [-0.39, 0.29) is 12.4 Å². The Morgan fingerprint density at radius 1 is 1.17 bits per heavy atom. The summed E-state index contributed by atoms with van der Waals surface area (Å²) in [5.41, 5.74) is 1.14. The van der Waals surface area contributed by atoms with Crippen LogP contribution in [0.3, 0.4) is 0 Å². The molecular weight excluding hydrogens is 413 g/mol. The van der Waals surface area contributed by atoms with Gasteiger partial charge in [0.2, 0.25) is 0 Å². The molecule has 1 amide bonds. The molecule has 0 spiro atoms. The number of alkyl carbamates (subject to hydrolysis) is 1. The standard InChI is InChI=1S/C16H14INO5/c17-12-8-11(6-7-13(12)19)14(15(20)21)18-16(22)23-9-10-4-2-1-3-5-10/h1-8,14,19H,9H2,(H,18,22)(H,20,21). The molecule has 1 atom stereocenters. The summed E-state index contributed by atoms with van der Waals surface area (Å²) in [7, 11) is 0. The number of rotatable bonds is 5. The van der Waals surface area contributed by atoms with Gasteiger partial charge in [0, 0.05) is 0 Å². The number of carbonyl (C=O) groups is 2. The monoisotopic (exact) mass is 427 g/mol. The highest BCUT2D eigenvalue weighted by Crippen LogP contribution is 2.24. The lowest BCUT2D eigenvalue weighted by Gasteiger charge is -2.15. The predicted octanol–water partition coefficient (Wildman–Crippen LogP) is 3.05. The number of benzene rings is 2. The second kappa shape index (κ2) is 7.82. The van der Waals surface area contributed by atoms with Crippen molar-refractivity contribution >= 4 is 34.7 Å². The van der Waals surface area contributed by atoms with E-state index in [1.807, 2.05) is 40.8 Å². The van der Waals surface area contributed by atoms with Crippen LogP contribution >= 0.6 is 22.6 Å². The van der Waals surface area contributed by atoms with Gasteiger partial charge in [-0.15, -0.1) is 0 Å². The summed E-state index contributed by atoms with van der Waals surface area (Å²) in [4.78, 5) is 23.2. The number of nitrogens with one attached hydrogen (secondary N) is 1. The van der Waals surface area contributed by atoms with Crippen LogP contribution in [-0.4, -0.2) is 22.3 Å². The number of carboxylic acid groups (broad SMARTS) is 1. The van der Waals surface area contributed by atoms with Gasteiger partial charge in [0.25, 0.3) is 0 Å². The summed E-state index contributed by atoms with van der Waals surface area (Å²) in [5.74, 6) is -1.17. The van der Waals surface area contributed by atoms with Crippen molar-refractivity contribution in [3.8, 4) is 5.75 Å². The first-order valence-electron chi connectivity index (χ1n) is 6.66. The third-order valence-electron chi connectivity index (χ3n) is 3.03. The number of phenols is 1. The van der Waals surface area contributed by atoms with Crippen molar-refractivity contribution < 1.29 is 24.5 Å². The lowest BCUT2D eigenvalue weighted by molar-refractivity contribution is -0.139. The van der Waals surface area contributed by atoms with Crippen molar-refractivity contribution in [2.24, 2.45) is 0 Å². The van der Waals surface area contributed by atoms with Gasteiger partial charge in [-0.1, -0.05) is 36.4 Å². The minimum absolute atomic E-state index is 0.0464. The zero-order valence-electron chi connectivity index (χ0n) is 11.9. The number of halogens is 1. The predicted molar refractivity (Wildman–Crippen MR) is 91.0 cm³/mol. The van der Waals surface area contributed by atoms with Gasteiger partial charge in [0.15, 0.2) is 6.04 Å². The fraction of sp³-hybridized carbons (Fsp3) is 0.125. The Labute approximate surface area is 146 Å². The lowest BCUT2D eigenvalue weighted by atomic mass is 10.1. The summed E-state index contributed by atoms with van der Waals surface area (Å²) in [6.45, 7) is 0.0477. The summed E-state index contributed by atoms with van der Waals surface area (Å²) in [5, 5.41) is 21.1. The van der Waals surface area contributed by atoms with E-state index in [0.29, 0.717) is 9.13 Å². The molecule has 7 heteroatoms. The first kappa shape index (κ1) is 17.1. The Kier molecular flexibility index (Phi) is 5.80. The number of phenolic OH excluding ortho intramolecular Hbond substituents is 1. The summed E-state index contributed by atoms with van der Waals surface area (Å²) in [6.07, 6.45) is -0.829. The number of hydrogen-bond acceptors (Lipinski definition) is 4. The third kappa shape index (κ3) is 4.85. The number of aliphatic carboxylic acids is 1. The molecule has 2 rings (SSSR count). The number of ether oxygens (including phenoxy) is 1. The molecule has 3 N–H and O–H groups in total. The molecule has 0 aliphatic carbocycles. The second-order valence-corrected chi connectivity index (χ2v) is 5.85. The van der Waals surface area contributed by atoms with Gasteiger partial charge in [-0.25, -0.2) is 9.59 Å². The molecule has 0 aliphatic rings. The van der Waals surface area contributed by atoms with Crippen LogP contribution in [0.4, 0.5) is 4.79 Å². The van der Waals surface area contributed by atoms with Gasteiger partial charge >= 0.3 is 12.1 Å². The number of carbonyl (C=O) groups excluding carboxylic acids is 1. The van der Waals surface area contributed by atoms with Gasteiger partial charge in [-0.2, -0.15) is 0 Å². The highest BCUT2D eigenvalue weighted by atomic mass is 127. The van der Waals surface area contributed by atoms with Gasteiger partial charge < -0.3 is 20.3 Å². The Balaban J connectivity index is 2.02. The maximum Gasteiger partial charge on any atom is 0.408 e. The summed E-state index contributed by atoms with van der Waals surface area (Å²) < 4.78 is 5.51. The maximum absolute atomic E-state index is 11.8. The van der Waals surface area contributed by atoms with E-state index in [4.69, 9.17) is 4.74 Å². The summed E-state index contributed by atoms with van der Waals surface area (Å²) >= 11 is 1.88. The Bertz CT molecular complexity index is 705. The van der Waals surface area contributed by atoms with E-state index in [1.165, 1.54) is 18.2 Å². The molecule has 6 nitrogen and oxygen atoms in total. The van der Waals surface area contributed by atoms with E-state index < -0.39 is 18.1 Å². The van der Waals surface area contributed by atoms with Crippen LogP contribution in [0.15, 0.2) is 48.5 Å². The van der Waals surface area contributed by atoms with Crippen LogP contribution in [0, 0.1) is 3.57 Å². The number of aromatic hydroxyl groups is 1. The van der Waals surface area contributed by atoms with Crippen molar-refractivity contribution in [2.45, 2.75) is 12.6 Å². The average molecular weight is 427 g/mol. The van der Waals surface area contributed by atoms with Crippen LogP contribution in [0.25, 0.3) is 0 Å². The number of hydrogen-bond donors (Lipinski definition) is 3. The molecule has 0 aromatic heterocycles. The van der Waals surface area contributed by atoms with Gasteiger partial charge in [0.1, 0.15) is 12.4 Å². The maximum atomic E-state index is 11.8. The molecular formula is C16H14INO5. The Hall–Kier alpha value is -2.29. The fourth-order valence-electron chi connectivity index (χ4n) is 1.87. The van der Waals surface area contributed by atoms with Crippen LogP contribution < -0.4 is 5.32 Å². The van der Waals surface area contributed by atoms with Crippen molar-refractivity contribution in [3.63, 3.8) is 0 Å². The minimum Gasteiger partial charge on any atom is -0.507 e. The molecule has 0 saturated carbocycles. The summed E-state index contributed by atoms with van der Waals surface area (Å²) in [6, 6.07) is 12.1. The zero-order valence-corrected chi connectivity index (χ0v) is 14.1. The molecule has 2 aromatic rings. The molecule has 0 radical (unpaired) electrons. The topological polar surface area (TPSA) is 95.9 Å². The Morgan fingerprint density at radius 2 is 1.87 bits per heavy atom. The van der Waals surface area contributed by atoms with Crippen molar-refractivity contribution in [3.05, 3.63) is 63.2 Å². The van der Waals surface area contributed by atoms with E-state index >= 15 is 0 Å². The van der Waals surface area contributed by atoms with E-state index in [9.17, 15) is 19.8 Å². The molecule has 0 fully saturated rings. The quantitative estimate of drug-likeness (QED) is 0.638. The molecule has 0 bridgehead atoms. The van der Waals surface area contributed by atoms with E-state index in [1.54, 1.807) is 12.1 Å². The second-order valence-electron chi connectivity index (χ2n) is 4.69. The van der Waals surface area contributed by atoms with E-state index in [2.05, 4.69) is 5.32 Å². The number of amides is 1. The molecule has 0 heterocycles. The van der Waals surface area contributed by atoms with Crippen molar-refractivity contribution in [1.29, 1.82) is 0 Å². The smallest absolute Gasteiger partial charge is 0.408 e. The number of carboxylic acids is 1. The first-order valence-corrected chi connectivity index (χ1v) is 7.73. The molecule has 0 saturated heterocycles.